The lowest BCUT2D eigenvalue weighted by atomic mass is 10.1. The fourth-order valence-electron chi connectivity index (χ4n) is 2.19. The number of ether oxygens (including phenoxy) is 1. The lowest BCUT2D eigenvalue weighted by Crippen LogP contribution is -2.22. The number of aromatic nitrogens is 1. The van der Waals surface area contributed by atoms with Gasteiger partial charge in [0.15, 0.2) is 0 Å². The van der Waals surface area contributed by atoms with Crippen LogP contribution in [0.25, 0.3) is 10.9 Å². The molecule has 0 aliphatic carbocycles. The summed E-state index contributed by atoms with van der Waals surface area (Å²) in [6.45, 7) is 7.17. The molecule has 0 aliphatic rings. The molecule has 1 aromatic heterocycles. The average Bonchev–Trinajstić information content (AvgIpc) is 2.46. The van der Waals surface area contributed by atoms with Gasteiger partial charge in [-0.05, 0) is 49.6 Å². The molecule has 1 heterocycles. The fourth-order valence-corrected chi connectivity index (χ4v) is 2.19. The molecule has 0 bridgehead atoms. The highest BCUT2D eigenvalue weighted by Gasteiger charge is 2.01. The highest BCUT2D eigenvalue weighted by atomic mass is 16.5. The minimum atomic E-state index is 0.690. The van der Waals surface area contributed by atoms with Gasteiger partial charge < -0.3 is 10.1 Å². The molecule has 0 saturated heterocycles. The molecule has 0 fully saturated rings. The first-order valence-electron chi connectivity index (χ1n) is 7.44. The van der Waals surface area contributed by atoms with Gasteiger partial charge in [-0.3, -0.25) is 4.98 Å². The third-order valence-corrected chi connectivity index (χ3v) is 3.28. The molecule has 3 nitrogen and oxygen atoms in total. The number of rotatable bonds is 8. The Morgan fingerprint density at radius 1 is 1.15 bits per heavy atom. The Balaban J connectivity index is 1.73. The minimum Gasteiger partial charge on any atom is -0.492 e. The van der Waals surface area contributed by atoms with E-state index in [9.17, 15) is 0 Å². The first kappa shape index (κ1) is 14.8. The number of nitrogens with zero attached hydrogens (tertiary/aromatic N) is 1. The van der Waals surface area contributed by atoms with Gasteiger partial charge in [0.2, 0.25) is 0 Å². The van der Waals surface area contributed by atoms with E-state index >= 15 is 0 Å². The second-order valence-electron chi connectivity index (χ2n) is 5.46. The van der Waals surface area contributed by atoms with E-state index < -0.39 is 0 Å². The van der Waals surface area contributed by atoms with Crippen molar-refractivity contribution in [3.8, 4) is 5.75 Å². The zero-order chi connectivity index (χ0) is 14.2. The van der Waals surface area contributed by atoms with E-state index in [2.05, 4.69) is 24.1 Å². The van der Waals surface area contributed by atoms with E-state index in [1.807, 2.05) is 36.5 Å². The van der Waals surface area contributed by atoms with Crippen LogP contribution in [0.2, 0.25) is 0 Å². The Hall–Kier alpha value is -1.61. The van der Waals surface area contributed by atoms with Gasteiger partial charge in [0.05, 0.1) is 5.52 Å². The van der Waals surface area contributed by atoms with Crippen LogP contribution in [0, 0.1) is 5.92 Å². The van der Waals surface area contributed by atoms with Gasteiger partial charge in [0, 0.05) is 18.1 Å². The Labute approximate surface area is 121 Å². The van der Waals surface area contributed by atoms with Crippen LogP contribution in [0.5, 0.6) is 5.75 Å². The van der Waals surface area contributed by atoms with Crippen LogP contribution in [-0.4, -0.2) is 24.7 Å². The van der Waals surface area contributed by atoms with Crippen LogP contribution in [0.15, 0.2) is 36.5 Å². The number of pyridine rings is 1. The van der Waals surface area contributed by atoms with Gasteiger partial charge in [-0.15, -0.1) is 0 Å². The van der Waals surface area contributed by atoms with Gasteiger partial charge in [-0.1, -0.05) is 19.9 Å². The summed E-state index contributed by atoms with van der Waals surface area (Å²) in [6, 6.07) is 9.99. The Morgan fingerprint density at radius 2 is 2.05 bits per heavy atom. The summed E-state index contributed by atoms with van der Waals surface area (Å²) in [4.78, 5) is 4.33. The normalized spacial score (nSPS) is 11.2. The monoisotopic (exact) mass is 272 g/mol. The van der Waals surface area contributed by atoms with Gasteiger partial charge in [0.1, 0.15) is 12.4 Å². The highest BCUT2D eigenvalue weighted by Crippen LogP contribution is 2.23. The smallest absolute Gasteiger partial charge is 0.128 e. The van der Waals surface area contributed by atoms with Crippen LogP contribution < -0.4 is 10.1 Å². The van der Waals surface area contributed by atoms with Crippen molar-refractivity contribution in [2.75, 3.05) is 19.7 Å². The number of hydrogen-bond acceptors (Lipinski definition) is 3. The fraction of sp³-hybridized carbons (Fsp3) is 0.471. The third-order valence-electron chi connectivity index (χ3n) is 3.28. The number of benzene rings is 1. The summed E-state index contributed by atoms with van der Waals surface area (Å²) in [7, 11) is 0. The molecular formula is C17H24N2O. The molecule has 1 N–H and O–H groups in total. The Morgan fingerprint density at radius 3 is 2.90 bits per heavy atom. The van der Waals surface area contributed by atoms with E-state index in [1.54, 1.807) is 0 Å². The minimum absolute atomic E-state index is 0.690. The first-order chi connectivity index (χ1) is 9.77. The standard InChI is InChI=1S/C17H24N2O/c1-14(2)6-4-10-18-12-13-20-17-9-3-8-16-15(17)7-5-11-19-16/h3,5,7-9,11,14,18H,4,6,10,12-13H2,1-2H3. The van der Waals surface area contributed by atoms with Crippen LogP contribution in [-0.2, 0) is 0 Å². The number of nitrogens with one attached hydrogen (secondary N) is 1. The molecular weight excluding hydrogens is 248 g/mol. The van der Waals surface area contributed by atoms with Crippen molar-refractivity contribution in [1.82, 2.24) is 10.3 Å². The maximum absolute atomic E-state index is 5.84. The lowest BCUT2D eigenvalue weighted by molar-refractivity contribution is 0.316. The van der Waals surface area contributed by atoms with Crippen molar-refractivity contribution in [3.05, 3.63) is 36.5 Å². The van der Waals surface area contributed by atoms with Crippen molar-refractivity contribution < 1.29 is 4.74 Å². The van der Waals surface area contributed by atoms with Crippen molar-refractivity contribution in [3.63, 3.8) is 0 Å². The van der Waals surface area contributed by atoms with Crippen molar-refractivity contribution >= 4 is 10.9 Å². The first-order valence-corrected chi connectivity index (χ1v) is 7.44. The van der Waals surface area contributed by atoms with Gasteiger partial charge in [-0.25, -0.2) is 0 Å². The zero-order valence-corrected chi connectivity index (χ0v) is 12.4. The molecule has 0 amide bonds. The molecule has 20 heavy (non-hydrogen) atoms. The summed E-state index contributed by atoms with van der Waals surface area (Å²) in [6.07, 6.45) is 4.32. The molecule has 0 radical (unpaired) electrons. The SMILES string of the molecule is CC(C)CCCNCCOc1cccc2ncccc12. The molecule has 2 rings (SSSR count). The van der Waals surface area contributed by atoms with E-state index in [4.69, 9.17) is 4.74 Å². The predicted molar refractivity (Wildman–Crippen MR) is 84.2 cm³/mol. The molecule has 108 valence electrons. The lowest BCUT2D eigenvalue weighted by Gasteiger charge is -2.10. The van der Waals surface area contributed by atoms with Crippen LogP contribution >= 0.6 is 0 Å². The largest absolute Gasteiger partial charge is 0.492 e. The predicted octanol–water partition coefficient (Wildman–Crippen LogP) is 3.64. The summed E-state index contributed by atoms with van der Waals surface area (Å²) in [5.41, 5.74) is 0.981. The summed E-state index contributed by atoms with van der Waals surface area (Å²) in [5.74, 6) is 1.70. The molecule has 3 heteroatoms. The molecule has 1 aromatic carbocycles. The molecule has 0 spiro atoms. The van der Waals surface area contributed by atoms with Crippen LogP contribution in [0.3, 0.4) is 0 Å². The maximum atomic E-state index is 5.84. The second kappa shape index (κ2) is 7.85. The van der Waals surface area contributed by atoms with Crippen LogP contribution in [0.1, 0.15) is 26.7 Å². The van der Waals surface area contributed by atoms with Gasteiger partial charge in [-0.2, -0.15) is 0 Å². The second-order valence-corrected chi connectivity index (χ2v) is 5.46. The zero-order valence-electron chi connectivity index (χ0n) is 12.4. The summed E-state index contributed by atoms with van der Waals surface area (Å²) >= 11 is 0. The van der Waals surface area contributed by atoms with Crippen molar-refractivity contribution in [2.24, 2.45) is 5.92 Å². The van der Waals surface area contributed by atoms with E-state index in [-0.39, 0.29) is 0 Å². The number of fused-ring (bicyclic) bond motifs is 1. The Bertz CT molecular complexity index is 520. The van der Waals surface area contributed by atoms with Gasteiger partial charge >= 0.3 is 0 Å². The third kappa shape index (κ3) is 4.49. The quantitative estimate of drug-likeness (QED) is 0.745. The van der Waals surface area contributed by atoms with Crippen molar-refractivity contribution in [1.29, 1.82) is 0 Å². The molecule has 0 saturated carbocycles. The summed E-state index contributed by atoms with van der Waals surface area (Å²) in [5, 5.41) is 4.50. The van der Waals surface area contributed by atoms with Crippen molar-refractivity contribution in [2.45, 2.75) is 26.7 Å². The van der Waals surface area contributed by atoms with Gasteiger partial charge in [0.25, 0.3) is 0 Å². The average molecular weight is 272 g/mol. The molecule has 0 unspecified atom stereocenters. The molecule has 2 aromatic rings. The molecule has 0 aliphatic heterocycles. The maximum Gasteiger partial charge on any atom is 0.128 e. The molecule has 0 atom stereocenters. The Kier molecular flexibility index (Phi) is 5.81. The van der Waals surface area contributed by atoms with E-state index in [0.29, 0.717) is 6.61 Å². The van der Waals surface area contributed by atoms with E-state index in [0.717, 1.165) is 35.7 Å². The highest BCUT2D eigenvalue weighted by molar-refractivity contribution is 5.84. The van der Waals surface area contributed by atoms with Crippen LogP contribution in [0.4, 0.5) is 0 Å². The number of hydrogen-bond donors (Lipinski definition) is 1. The topological polar surface area (TPSA) is 34.1 Å². The summed E-state index contributed by atoms with van der Waals surface area (Å²) < 4.78 is 5.84. The van der Waals surface area contributed by atoms with E-state index in [1.165, 1.54) is 12.8 Å².